The maximum absolute atomic E-state index is 13.2. The van der Waals surface area contributed by atoms with Crippen LogP contribution in [0.5, 0.6) is 17.2 Å². The van der Waals surface area contributed by atoms with Gasteiger partial charge in [-0.05, 0) is 60.7 Å². The lowest BCUT2D eigenvalue weighted by molar-refractivity contribution is -0.127. The molecule has 0 aliphatic rings. The van der Waals surface area contributed by atoms with E-state index in [9.17, 15) is 4.79 Å². The van der Waals surface area contributed by atoms with Crippen LogP contribution in [-0.4, -0.2) is 35.8 Å². The summed E-state index contributed by atoms with van der Waals surface area (Å²) in [6.07, 6.45) is 2.83. The number of amides is 1. The van der Waals surface area contributed by atoms with Crippen molar-refractivity contribution in [3.8, 4) is 17.2 Å². The van der Waals surface area contributed by atoms with Crippen LogP contribution in [0.15, 0.2) is 48.8 Å². The number of imidazole rings is 1. The van der Waals surface area contributed by atoms with Crippen LogP contribution in [0.4, 0.5) is 0 Å². The molecular weight excluding hydrogens is 418 g/mol. The van der Waals surface area contributed by atoms with E-state index in [4.69, 9.17) is 14.2 Å². The lowest BCUT2D eigenvalue weighted by atomic mass is 9.98. The van der Waals surface area contributed by atoms with Gasteiger partial charge >= 0.3 is 0 Å². The minimum atomic E-state index is -0.704. The normalized spacial score (nSPS) is 12.8. The average molecular weight is 452 g/mol. The van der Waals surface area contributed by atoms with Gasteiger partial charge in [-0.2, -0.15) is 0 Å². The number of aryl methyl sites for hydroxylation is 2. The zero-order valence-electron chi connectivity index (χ0n) is 20.4. The Labute approximate surface area is 195 Å². The number of nitrogens with one attached hydrogen (secondary N) is 1. The number of methoxy groups -OCH3 is 2. The molecule has 33 heavy (non-hydrogen) atoms. The molecule has 3 rings (SSSR count). The summed E-state index contributed by atoms with van der Waals surface area (Å²) in [7, 11) is 5.07. The van der Waals surface area contributed by atoms with Crippen molar-refractivity contribution in [1.29, 1.82) is 0 Å². The van der Waals surface area contributed by atoms with Crippen molar-refractivity contribution < 1.29 is 19.0 Å². The van der Waals surface area contributed by atoms with E-state index in [1.807, 2.05) is 42.1 Å². The average Bonchev–Trinajstić information content (AvgIpc) is 3.21. The summed E-state index contributed by atoms with van der Waals surface area (Å²) in [5, 5.41) is 3.09. The Morgan fingerprint density at radius 2 is 1.67 bits per heavy atom. The Hall–Kier alpha value is -3.48. The summed E-state index contributed by atoms with van der Waals surface area (Å²) in [5.74, 6) is 2.78. The van der Waals surface area contributed by atoms with Crippen LogP contribution >= 0.6 is 0 Å². The van der Waals surface area contributed by atoms with E-state index in [1.54, 1.807) is 33.4 Å². The Balaban J connectivity index is 1.85. The number of nitrogens with zero attached hydrogens (tertiary/aromatic N) is 2. The zero-order chi connectivity index (χ0) is 24.1. The van der Waals surface area contributed by atoms with Crippen molar-refractivity contribution in [2.24, 2.45) is 7.05 Å². The summed E-state index contributed by atoms with van der Waals surface area (Å²) in [5.41, 5.74) is 3.20. The Kier molecular flexibility index (Phi) is 7.63. The molecule has 1 N–H and O–H groups in total. The van der Waals surface area contributed by atoms with E-state index in [0.29, 0.717) is 29.0 Å². The molecule has 7 heteroatoms. The minimum absolute atomic E-state index is 0.254. The first-order valence-corrected chi connectivity index (χ1v) is 11.0. The van der Waals surface area contributed by atoms with Crippen molar-refractivity contribution in [3.63, 3.8) is 0 Å². The highest BCUT2D eigenvalue weighted by Crippen LogP contribution is 2.30. The molecule has 0 saturated carbocycles. The maximum Gasteiger partial charge on any atom is 0.261 e. The molecule has 2 atom stereocenters. The number of hydrogen-bond acceptors (Lipinski definition) is 5. The van der Waals surface area contributed by atoms with E-state index in [0.717, 1.165) is 11.1 Å². The maximum atomic E-state index is 13.2. The molecule has 7 nitrogen and oxygen atoms in total. The number of ether oxygens (including phenoxy) is 3. The van der Waals surface area contributed by atoms with Gasteiger partial charge in [0.05, 0.1) is 14.2 Å². The molecule has 0 saturated heterocycles. The molecule has 1 amide bonds. The highest BCUT2D eigenvalue weighted by atomic mass is 16.5. The van der Waals surface area contributed by atoms with E-state index >= 15 is 0 Å². The fourth-order valence-corrected chi connectivity index (χ4v) is 3.83. The Morgan fingerprint density at radius 3 is 2.18 bits per heavy atom. The predicted molar refractivity (Wildman–Crippen MR) is 128 cm³/mol. The van der Waals surface area contributed by atoms with Crippen molar-refractivity contribution in [2.45, 2.75) is 45.8 Å². The summed E-state index contributed by atoms with van der Waals surface area (Å²) in [4.78, 5) is 17.6. The molecule has 1 heterocycles. The molecule has 0 spiro atoms. The first kappa shape index (κ1) is 24.2. The van der Waals surface area contributed by atoms with Gasteiger partial charge in [-0.25, -0.2) is 4.98 Å². The Bertz CT molecular complexity index is 1080. The van der Waals surface area contributed by atoms with Gasteiger partial charge in [0.2, 0.25) is 0 Å². The third-order valence-electron chi connectivity index (χ3n) is 5.66. The Morgan fingerprint density at radius 1 is 1.00 bits per heavy atom. The summed E-state index contributed by atoms with van der Waals surface area (Å²) < 4.78 is 18.7. The van der Waals surface area contributed by atoms with E-state index in [1.165, 1.54) is 5.56 Å². The van der Waals surface area contributed by atoms with Crippen LogP contribution in [0.2, 0.25) is 0 Å². The van der Waals surface area contributed by atoms with Gasteiger partial charge in [0.1, 0.15) is 29.1 Å². The van der Waals surface area contributed by atoms with Gasteiger partial charge in [-0.15, -0.1) is 0 Å². The number of rotatable bonds is 9. The van der Waals surface area contributed by atoms with Gasteiger partial charge in [0.15, 0.2) is 6.10 Å². The molecule has 2 unspecified atom stereocenters. The molecular formula is C26H33N3O4. The fraction of sp³-hybridized carbons (Fsp3) is 0.385. The number of aromatic nitrogens is 2. The SMILES string of the molecule is COc1cc(OC)cc(C(NC(=O)C(C)Oc2ccc(C(C)C)c(C)c2)c2nccn2C)c1. The molecule has 176 valence electrons. The van der Waals surface area contributed by atoms with Gasteiger partial charge in [0.25, 0.3) is 5.91 Å². The summed E-state index contributed by atoms with van der Waals surface area (Å²) in [6.45, 7) is 8.11. The van der Waals surface area contributed by atoms with Crippen LogP contribution < -0.4 is 19.5 Å². The van der Waals surface area contributed by atoms with Crippen LogP contribution in [0.25, 0.3) is 0 Å². The topological polar surface area (TPSA) is 74.6 Å². The third-order valence-corrected chi connectivity index (χ3v) is 5.66. The van der Waals surface area contributed by atoms with Gasteiger partial charge < -0.3 is 24.1 Å². The second kappa shape index (κ2) is 10.4. The quantitative estimate of drug-likeness (QED) is 0.517. The lowest BCUT2D eigenvalue weighted by Gasteiger charge is -2.23. The van der Waals surface area contributed by atoms with Gasteiger partial charge in [0, 0.05) is 25.5 Å². The lowest BCUT2D eigenvalue weighted by Crippen LogP contribution is -2.39. The predicted octanol–water partition coefficient (Wildman–Crippen LogP) is 4.54. The van der Waals surface area contributed by atoms with E-state index in [2.05, 4.69) is 37.1 Å². The second-order valence-corrected chi connectivity index (χ2v) is 8.42. The third kappa shape index (κ3) is 5.66. The van der Waals surface area contributed by atoms with Crippen LogP contribution in [0.1, 0.15) is 55.2 Å². The molecule has 2 aromatic carbocycles. The largest absolute Gasteiger partial charge is 0.497 e. The molecule has 3 aromatic rings. The summed E-state index contributed by atoms with van der Waals surface area (Å²) >= 11 is 0. The molecule has 1 aromatic heterocycles. The molecule has 0 fully saturated rings. The first-order chi connectivity index (χ1) is 15.7. The van der Waals surface area contributed by atoms with Crippen LogP contribution in [0, 0.1) is 6.92 Å². The summed E-state index contributed by atoms with van der Waals surface area (Å²) in [6, 6.07) is 10.9. The standard InChI is InChI=1S/C26H33N3O4/c1-16(2)23-9-8-20(12-17(23)3)33-18(4)26(30)28-24(25-27-10-11-29(25)5)19-13-21(31-6)15-22(14-19)32-7/h8-16,18,24H,1-7H3,(H,28,30). The highest BCUT2D eigenvalue weighted by molar-refractivity contribution is 5.81. The van der Waals surface area contributed by atoms with Crippen molar-refractivity contribution >= 4 is 5.91 Å². The molecule has 0 bridgehead atoms. The second-order valence-electron chi connectivity index (χ2n) is 8.42. The molecule has 0 radical (unpaired) electrons. The van der Waals surface area contributed by atoms with Gasteiger partial charge in [-0.1, -0.05) is 19.9 Å². The van der Waals surface area contributed by atoms with E-state index in [-0.39, 0.29) is 5.91 Å². The monoisotopic (exact) mass is 451 g/mol. The molecule has 0 aliphatic carbocycles. The smallest absolute Gasteiger partial charge is 0.261 e. The minimum Gasteiger partial charge on any atom is -0.497 e. The van der Waals surface area contributed by atoms with Crippen LogP contribution in [0.3, 0.4) is 0 Å². The fourth-order valence-electron chi connectivity index (χ4n) is 3.83. The highest BCUT2D eigenvalue weighted by Gasteiger charge is 2.25. The number of benzene rings is 2. The number of hydrogen-bond donors (Lipinski definition) is 1. The van der Waals surface area contributed by atoms with E-state index < -0.39 is 12.1 Å². The van der Waals surface area contributed by atoms with Crippen molar-refractivity contribution in [1.82, 2.24) is 14.9 Å². The van der Waals surface area contributed by atoms with Crippen LogP contribution in [-0.2, 0) is 11.8 Å². The van der Waals surface area contributed by atoms with Crippen molar-refractivity contribution in [3.05, 3.63) is 71.3 Å². The number of carbonyl (C=O) groups excluding carboxylic acids is 1. The zero-order valence-corrected chi connectivity index (χ0v) is 20.4. The number of carbonyl (C=O) groups is 1. The first-order valence-electron chi connectivity index (χ1n) is 11.0. The van der Waals surface area contributed by atoms with Crippen molar-refractivity contribution in [2.75, 3.05) is 14.2 Å². The van der Waals surface area contributed by atoms with Gasteiger partial charge in [-0.3, -0.25) is 4.79 Å². The molecule has 0 aliphatic heterocycles.